The molecule has 4 bridgehead atoms. The summed E-state index contributed by atoms with van der Waals surface area (Å²) in [6.45, 7) is 13.2. The average molecular weight is 843 g/mol. The van der Waals surface area contributed by atoms with Crippen molar-refractivity contribution in [2.45, 2.75) is 77.7 Å². The number of fused-ring (bicyclic) bond motifs is 11. The second-order valence-electron chi connectivity index (χ2n) is 18.8. The minimum atomic E-state index is -0.495. The summed E-state index contributed by atoms with van der Waals surface area (Å²) in [6, 6.07) is 52.2. The molecule has 6 heteroatoms. The number of phenols is 2. The summed E-state index contributed by atoms with van der Waals surface area (Å²) in [5, 5.41) is 28.5. The highest BCUT2D eigenvalue weighted by molar-refractivity contribution is 6.09. The summed E-state index contributed by atoms with van der Waals surface area (Å²) in [5.74, 6) is 1.50. The van der Waals surface area contributed by atoms with Crippen molar-refractivity contribution in [2.75, 3.05) is 0 Å². The summed E-state index contributed by atoms with van der Waals surface area (Å²) in [7, 11) is 0. The SMILES string of the molecule is CC(C)(C)c1cc2c(O)c(c1)COc1ccc3ccccc3c1-c1c(ccc3ccccc13)OCc1cc(C(C)(C)C)cc(c1O)C=N[C@H](c1ccccc1)C(c1ccccc1)N=C2. The van der Waals surface area contributed by atoms with Crippen LogP contribution >= 0.6 is 0 Å². The molecule has 9 rings (SSSR count). The Morgan fingerprint density at radius 3 is 1.22 bits per heavy atom. The number of nitrogens with zero attached hydrogens (tertiary/aromatic N) is 2. The number of ether oxygens (including phenoxy) is 2. The maximum absolute atomic E-state index is 12.2. The molecule has 2 N–H and O–H groups in total. The minimum Gasteiger partial charge on any atom is -0.507 e. The molecule has 0 amide bonds. The Morgan fingerprint density at radius 1 is 0.453 bits per heavy atom. The van der Waals surface area contributed by atoms with Crippen LogP contribution in [0.4, 0.5) is 0 Å². The zero-order valence-electron chi connectivity index (χ0n) is 37.3. The first-order chi connectivity index (χ1) is 30.8. The van der Waals surface area contributed by atoms with Gasteiger partial charge in [0, 0.05) is 45.8 Å². The number of hydrogen-bond donors (Lipinski definition) is 2. The fourth-order valence-corrected chi connectivity index (χ4v) is 8.61. The standard InChI is InChI=1S/C58H54N2O4/c1-57(2,3)45-29-41-33-59-53(39-19-9-7-10-20-39)54(40-21-11-8-12-22-40)60-34-42-30-46(58(4,5)6)32-44(56(42)62)36-64-50-28-26-38-18-14-16-24-48(38)52(50)51-47-23-15-13-17-37(47)25-27-49(51)63-35-43(31-45)55(41)61/h7-34,53-54,61-62H,35-36H2,1-6H3/t53-,54?/m1/s1. The number of rotatable bonds is 2. The molecule has 0 aromatic heterocycles. The van der Waals surface area contributed by atoms with Gasteiger partial charge in [-0.1, -0.05) is 163 Å². The average Bonchev–Trinajstić information content (AvgIpc) is 3.29. The first kappa shape index (κ1) is 42.1. The lowest BCUT2D eigenvalue weighted by Crippen LogP contribution is -2.14. The smallest absolute Gasteiger partial charge is 0.130 e. The van der Waals surface area contributed by atoms with Crippen molar-refractivity contribution in [2.24, 2.45) is 9.98 Å². The van der Waals surface area contributed by atoms with Crippen molar-refractivity contribution in [1.29, 1.82) is 0 Å². The Morgan fingerprint density at radius 2 is 0.828 bits per heavy atom. The maximum Gasteiger partial charge on any atom is 0.130 e. The van der Waals surface area contributed by atoms with E-state index in [9.17, 15) is 10.2 Å². The fraction of sp³-hybridized carbons (Fsp3) is 0.207. The second-order valence-corrected chi connectivity index (χ2v) is 18.8. The summed E-state index contributed by atoms with van der Waals surface area (Å²) >= 11 is 0. The number of phenolic OH excluding ortho intramolecular Hbond substituents is 2. The van der Waals surface area contributed by atoms with E-state index in [4.69, 9.17) is 19.5 Å². The van der Waals surface area contributed by atoms with Gasteiger partial charge in [0.2, 0.25) is 0 Å². The predicted octanol–water partition coefficient (Wildman–Crippen LogP) is 14.2. The molecule has 0 saturated carbocycles. The normalized spacial score (nSPS) is 15.8. The molecular formula is C58H54N2O4. The van der Waals surface area contributed by atoms with E-state index in [2.05, 4.69) is 102 Å². The Bertz CT molecular complexity index is 2840. The van der Waals surface area contributed by atoms with Crippen LogP contribution in [0.25, 0.3) is 32.7 Å². The van der Waals surface area contributed by atoms with Gasteiger partial charge in [-0.05, 0) is 91.0 Å². The summed E-state index contributed by atoms with van der Waals surface area (Å²) in [4.78, 5) is 10.6. The third-order valence-electron chi connectivity index (χ3n) is 12.3. The van der Waals surface area contributed by atoms with Crippen LogP contribution in [0.15, 0.2) is 168 Å². The lowest BCUT2D eigenvalue weighted by Gasteiger charge is -2.25. The molecule has 0 spiro atoms. The molecule has 0 aliphatic carbocycles. The first-order valence-corrected chi connectivity index (χ1v) is 22.0. The number of aliphatic imine (C=N–C) groups is 2. The van der Waals surface area contributed by atoms with E-state index in [1.54, 1.807) is 12.4 Å². The summed E-state index contributed by atoms with van der Waals surface area (Å²) < 4.78 is 13.8. The molecule has 320 valence electrons. The first-order valence-electron chi connectivity index (χ1n) is 22.0. The van der Waals surface area contributed by atoms with Crippen LogP contribution in [-0.2, 0) is 24.0 Å². The quantitative estimate of drug-likeness (QED) is 0.182. The molecule has 0 radical (unpaired) electrons. The highest BCUT2D eigenvalue weighted by Gasteiger charge is 2.27. The monoisotopic (exact) mass is 842 g/mol. The molecule has 0 saturated heterocycles. The number of aromatic hydroxyl groups is 2. The zero-order valence-corrected chi connectivity index (χ0v) is 37.3. The van der Waals surface area contributed by atoms with Crippen LogP contribution in [0.1, 0.15) is 98.1 Å². The Labute approximate surface area is 376 Å². The Balaban J connectivity index is 1.32. The molecule has 64 heavy (non-hydrogen) atoms. The van der Waals surface area contributed by atoms with Crippen molar-refractivity contribution in [3.8, 4) is 34.1 Å². The number of hydrogen-bond acceptors (Lipinski definition) is 6. The molecule has 8 aromatic rings. The summed E-state index contributed by atoms with van der Waals surface area (Å²) in [6.07, 6.45) is 3.57. The molecule has 1 unspecified atom stereocenters. The van der Waals surface area contributed by atoms with Crippen LogP contribution in [0.5, 0.6) is 23.0 Å². The molecule has 2 atom stereocenters. The van der Waals surface area contributed by atoms with E-state index < -0.39 is 12.1 Å². The largest absolute Gasteiger partial charge is 0.507 e. The molecule has 6 nitrogen and oxygen atoms in total. The molecule has 1 aliphatic heterocycles. The third kappa shape index (κ3) is 8.48. The fourth-order valence-electron chi connectivity index (χ4n) is 8.61. The van der Waals surface area contributed by atoms with Gasteiger partial charge in [-0.25, -0.2) is 0 Å². The van der Waals surface area contributed by atoms with Crippen LogP contribution in [0, 0.1) is 0 Å². The van der Waals surface area contributed by atoms with E-state index in [-0.39, 0.29) is 35.5 Å². The van der Waals surface area contributed by atoms with E-state index >= 15 is 0 Å². The second kappa shape index (κ2) is 17.2. The van der Waals surface area contributed by atoms with Crippen LogP contribution in [0.3, 0.4) is 0 Å². The topological polar surface area (TPSA) is 83.6 Å². The van der Waals surface area contributed by atoms with Crippen molar-refractivity contribution >= 4 is 34.0 Å². The minimum absolute atomic E-state index is 0.0954. The number of benzene rings is 8. The maximum atomic E-state index is 12.2. The van der Waals surface area contributed by atoms with Gasteiger partial charge in [0.05, 0.1) is 0 Å². The van der Waals surface area contributed by atoms with Gasteiger partial charge in [-0.15, -0.1) is 0 Å². The van der Waals surface area contributed by atoms with Gasteiger partial charge in [0.1, 0.15) is 48.3 Å². The highest BCUT2D eigenvalue weighted by atomic mass is 16.5. The van der Waals surface area contributed by atoms with Gasteiger partial charge in [0.15, 0.2) is 0 Å². The van der Waals surface area contributed by atoms with Crippen molar-refractivity contribution in [1.82, 2.24) is 0 Å². The van der Waals surface area contributed by atoms with E-state index in [0.29, 0.717) is 33.8 Å². The van der Waals surface area contributed by atoms with E-state index in [1.807, 2.05) is 97.1 Å². The molecule has 8 aromatic carbocycles. The van der Waals surface area contributed by atoms with E-state index in [1.165, 1.54) is 0 Å². The van der Waals surface area contributed by atoms with Gasteiger partial charge < -0.3 is 19.7 Å². The lowest BCUT2D eigenvalue weighted by molar-refractivity contribution is 0.296. The zero-order chi connectivity index (χ0) is 44.6. The van der Waals surface area contributed by atoms with Crippen molar-refractivity contribution in [3.05, 3.63) is 202 Å². The van der Waals surface area contributed by atoms with E-state index in [0.717, 1.165) is 54.9 Å². The van der Waals surface area contributed by atoms with Gasteiger partial charge in [-0.2, -0.15) is 0 Å². The molecule has 0 fully saturated rings. The Hall–Kier alpha value is -7.18. The van der Waals surface area contributed by atoms with Crippen molar-refractivity contribution < 1.29 is 19.7 Å². The third-order valence-corrected chi connectivity index (χ3v) is 12.3. The molecular weight excluding hydrogens is 789 g/mol. The van der Waals surface area contributed by atoms with Gasteiger partial charge >= 0.3 is 0 Å². The van der Waals surface area contributed by atoms with Gasteiger partial charge in [-0.3, -0.25) is 9.98 Å². The highest BCUT2D eigenvalue weighted by Crippen LogP contribution is 2.47. The van der Waals surface area contributed by atoms with Crippen LogP contribution in [-0.4, -0.2) is 22.6 Å². The molecule has 1 heterocycles. The molecule has 1 aliphatic rings. The van der Waals surface area contributed by atoms with Crippen molar-refractivity contribution in [3.63, 3.8) is 0 Å². The van der Waals surface area contributed by atoms with Gasteiger partial charge in [0.25, 0.3) is 0 Å². The summed E-state index contributed by atoms with van der Waals surface area (Å²) in [5.41, 5.74) is 7.71. The predicted molar refractivity (Wildman–Crippen MR) is 263 cm³/mol. The van der Waals surface area contributed by atoms with Crippen LogP contribution < -0.4 is 9.47 Å². The lowest BCUT2D eigenvalue weighted by atomic mass is 9.84. The Kier molecular flexibility index (Phi) is 11.3. The van der Waals surface area contributed by atoms with Crippen LogP contribution in [0.2, 0.25) is 0 Å².